The van der Waals surface area contributed by atoms with Gasteiger partial charge in [-0.05, 0) is 0 Å². The summed E-state index contributed by atoms with van der Waals surface area (Å²) >= 11 is 0. The van der Waals surface area contributed by atoms with Crippen molar-refractivity contribution in [3.8, 4) is 0 Å². The SMILES string of the molecule is CNC(=O)N=C(N=C=O)OC. The van der Waals surface area contributed by atoms with E-state index in [0.717, 1.165) is 0 Å². The van der Waals surface area contributed by atoms with Crippen molar-refractivity contribution < 1.29 is 14.3 Å². The number of hydrogen-bond acceptors (Lipinski definition) is 3. The molecule has 0 heterocycles. The molecule has 0 fully saturated rings. The average Bonchev–Trinajstić information content (AvgIpc) is 2.03. The van der Waals surface area contributed by atoms with Gasteiger partial charge in [-0.25, -0.2) is 9.59 Å². The topological polar surface area (TPSA) is 80.1 Å². The van der Waals surface area contributed by atoms with Crippen LogP contribution in [0.5, 0.6) is 0 Å². The molecule has 6 nitrogen and oxygen atoms in total. The van der Waals surface area contributed by atoms with Gasteiger partial charge in [0.15, 0.2) is 0 Å². The second-order valence-corrected chi connectivity index (χ2v) is 1.36. The number of nitrogens with zero attached hydrogens (tertiary/aromatic N) is 2. The number of carbonyl (C=O) groups excluding carboxylic acids is 2. The van der Waals surface area contributed by atoms with Gasteiger partial charge in [-0.1, -0.05) is 0 Å². The summed E-state index contributed by atoms with van der Waals surface area (Å²) in [4.78, 5) is 26.4. The predicted molar refractivity (Wildman–Crippen MR) is 37.0 cm³/mol. The van der Waals surface area contributed by atoms with Crippen LogP contribution in [0.25, 0.3) is 0 Å². The Kier molecular flexibility index (Phi) is 4.35. The fraction of sp³-hybridized carbons (Fsp3) is 0.400. The molecule has 0 radical (unpaired) electrons. The molecule has 0 atom stereocenters. The van der Waals surface area contributed by atoms with Crippen molar-refractivity contribution in [2.24, 2.45) is 9.98 Å². The van der Waals surface area contributed by atoms with Gasteiger partial charge in [0.25, 0.3) is 0 Å². The summed E-state index contributed by atoms with van der Waals surface area (Å²) in [6, 6.07) is -0.958. The van der Waals surface area contributed by atoms with Crippen LogP contribution in [0.4, 0.5) is 4.79 Å². The summed E-state index contributed by atoms with van der Waals surface area (Å²) in [6.45, 7) is 0. The second-order valence-electron chi connectivity index (χ2n) is 1.36. The van der Waals surface area contributed by atoms with Crippen LogP contribution in [0.3, 0.4) is 0 Å². The summed E-state index contributed by atoms with van der Waals surface area (Å²) in [7, 11) is 2.63. The zero-order valence-electron chi connectivity index (χ0n) is 6.12. The highest BCUT2D eigenvalue weighted by Crippen LogP contribution is 1.81. The summed E-state index contributed by atoms with van der Waals surface area (Å²) in [6.07, 6.45) is 1.19. The summed E-state index contributed by atoms with van der Waals surface area (Å²) < 4.78 is 4.42. The molecule has 0 unspecified atom stereocenters. The fourth-order valence-corrected chi connectivity index (χ4v) is 0.298. The Morgan fingerprint density at radius 1 is 1.64 bits per heavy atom. The number of urea groups is 1. The van der Waals surface area contributed by atoms with E-state index in [0.29, 0.717) is 0 Å². The van der Waals surface area contributed by atoms with E-state index in [9.17, 15) is 9.59 Å². The first kappa shape index (κ1) is 9.32. The van der Waals surface area contributed by atoms with E-state index < -0.39 is 6.03 Å². The molecular weight excluding hydrogens is 150 g/mol. The van der Waals surface area contributed by atoms with E-state index in [4.69, 9.17) is 0 Å². The van der Waals surface area contributed by atoms with Gasteiger partial charge in [0.05, 0.1) is 7.11 Å². The number of aliphatic imine (C=N–C) groups is 2. The lowest BCUT2D eigenvalue weighted by Crippen LogP contribution is -2.15. The van der Waals surface area contributed by atoms with Crippen LogP contribution >= 0.6 is 0 Å². The van der Waals surface area contributed by atoms with Gasteiger partial charge in [0, 0.05) is 7.05 Å². The zero-order chi connectivity index (χ0) is 8.69. The molecule has 0 aromatic carbocycles. The molecule has 0 saturated carbocycles. The number of methoxy groups -OCH3 is 1. The van der Waals surface area contributed by atoms with Gasteiger partial charge in [-0.3, -0.25) is 0 Å². The van der Waals surface area contributed by atoms with Gasteiger partial charge in [0.1, 0.15) is 0 Å². The van der Waals surface area contributed by atoms with Gasteiger partial charge in [0.2, 0.25) is 6.08 Å². The van der Waals surface area contributed by atoms with Crippen LogP contribution in [0.15, 0.2) is 9.98 Å². The maximum absolute atomic E-state index is 10.5. The molecule has 6 heteroatoms. The minimum atomic E-state index is -0.638. The minimum absolute atomic E-state index is 0.320. The number of nitrogens with one attached hydrogen (secondary N) is 1. The molecular formula is C5H7N3O3. The third-order valence-corrected chi connectivity index (χ3v) is 0.735. The molecule has 1 N–H and O–H groups in total. The quantitative estimate of drug-likeness (QED) is 0.297. The van der Waals surface area contributed by atoms with Crippen molar-refractivity contribution in [3.63, 3.8) is 0 Å². The van der Waals surface area contributed by atoms with Crippen LogP contribution in [0.2, 0.25) is 0 Å². The molecule has 60 valence electrons. The Morgan fingerprint density at radius 3 is 2.64 bits per heavy atom. The Labute approximate surface area is 63.0 Å². The van der Waals surface area contributed by atoms with Crippen molar-refractivity contribution in [1.82, 2.24) is 5.32 Å². The summed E-state index contributed by atoms with van der Waals surface area (Å²) in [5, 5.41) is 2.19. The van der Waals surface area contributed by atoms with Crippen LogP contribution in [0.1, 0.15) is 0 Å². The van der Waals surface area contributed by atoms with E-state index in [1.807, 2.05) is 0 Å². The standard InChI is InChI=1S/C5H7N3O3/c1-6-4(10)8-5(11-2)7-3-9/h1-2H3,(H,6,10). The van der Waals surface area contributed by atoms with E-state index >= 15 is 0 Å². The van der Waals surface area contributed by atoms with E-state index in [1.54, 1.807) is 0 Å². The molecule has 2 amide bonds. The van der Waals surface area contributed by atoms with Crippen LogP contribution < -0.4 is 5.32 Å². The number of rotatable bonds is 0. The maximum atomic E-state index is 10.5. The highest BCUT2D eigenvalue weighted by Gasteiger charge is 1.98. The van der Waals surface area contributed by atoms with Crippen molar-refractivity contribution in [2.45, 2.75) is 0 Å². The summed E-state index contributed by atoms with van der Waals surface area (Å²) in [5.74, 6) is 0. The van der Waals surface area contributed by atoms with Gasteiger partial charge in [-0.15, -0.1) is 9.98 Å². The number of carbonyl (C=O) groups is 1. The highest BCUT2D eigenvalue weighted by molar-refractivity contribution is 5.91. The number of ether oxygens (including phenoxy) is 1. The Balaban J connectivity index is 4.34. The van der Waals surface area contributed by atoms with Crippen LogP contribution in [-0.2, 0) is 9.53 Å². The average molecular weight is 157 g/mol. The largest absolute Gasteiger partial charge is 0.466 e. The molecule has 0 aliphatic heterocycles. The molecule has 0 aliphatic carbocycles. The van der Waals surface area contributed by atoms with E-state index in [1.165, 1.54) is 20.2 Å². The first-order valence-corrected chi connectivity index (χ1v) is 2.67. The molecule has 0 aromatic rings. The zero-order valence-corrected chi connectivity index (χ0v) is 6.12. The first-order chi connectivity index (χ1) is 5.24. The molecule has 0 saturated heterocycles. The van der Waals surface area contributed by atoms with E-state index in [2.05, 4.69) is 20.0 Å². The Morgan fingerprint density at radius 2 is 2.27 bits per heavy atom. The molecule has 0 spiro atoms. The molecule has 0 aromatic heterocycles. The van der Waals surface area contributed by atoms with Crippen LogP contribution in [-0.4, -0.2) is 32.3 Å². The lowest BCUT2D eigenvalue weighted by atomic mass is 10.9. The normalized spacial score (nSPS) is 9.82. The van der Waals surface area contributed by atoms with Crippen molar-refractivity contribution in [1.29, 1.82) is 0 Å². The van der Waals surface area contributed by atoms with Gasteiger partial charge < -0.3 is 10.1 Å². The Hall–Kier alpha value is -1.68. The van der Waals surface area contributed by atoms with E-state index in [-0.39, 0.29) is 6.02 Å². The minimum Gasteiger partial charge on any atom is -0.466 e. The number of hydrogen-bond donors (Lipinski definition) is 1. The van der Waals surface area contributed by atoms with Gasteiger partial charge >= 0.3 is 12.1 Å². The third-order valence-electron chi connectivity index (χ3n) is 0.735. The fourth-order valence-electron chi connectivity index (χ4n) is 0.298. The van der Waals surface area contributed by atoms with Crippen molar-refractivity contribution in [2.75, 3.05) is 14.2 Å². The summed E-state index contributed by atoms with van der Waals surface area (Å²) in [5.41, 5.74) is 0. The number of amidine groups is 1. The van der Waals surface area contributed by atoms with Crippen molar-refractivity contribution >= 4 is 18.1 Å². The smallest absolute Gasteiger partial charge is 0.345 e. The van der Waals surface area contributed by atoms with Crippen LogP contribution in [0, 0.1) is 0 Å². The van der Waals surface area contributed by atoms with Crippen molar-refractivity contribution in [3.05, 3.63) is 0 Å². The number of amides is 2. The lowest BCUT2D eigenvalue weighted by molar-refractivity contribution is 0.250. The number of isocyanates is 1. The predicted octanol–water partition coefficient (Wildman–Crippen LogP) is -0.336. The molecule has 0 aliphatic rings. The Bertz CT molecular complexity index is 217. The van der Waals surface area contributed by atoms with Gasteiger partial charge in [-0.2, -0.15) is 0 Å². The third kappa shape index (κ3) is 3.83. The molecule has 0 rings (SSSR count). The molecule has 0 bridgehead atoms. The molecule has 11 heavy (non-hydrogen) atoms. The highest BCUT2D eigenvalue weighted by atomic mass is 16.5. The maximum Gasteiger partial charge on any atom is 0.345 e. The lowest BCUT2D eigenvalue weighted by Gasteiger charge is -1.93. The first-order valence-electron chi connectivity index (χ1n) is 2.67. The monoisotopic (exact) mass is 157 g/mol. The second kappa shape index (κ2) is 5.13.